The minimum Gasteiger partial charge on any atom is -0.481 e. The summed E-state index contributed by atoms with van der Waals surface area (Å²) in [7, 11) is 0. The molecule has 29 heavy (non-hydrogen) atoms. The molecule has 0 spiro atoms. The largest absolute Gasteiger partial charge is 0.481 e. The average Bonchev–Trinajstić information content (AvgIpc) is 3.06. The zero-order chi connectivity index (χ0) is 20.5. The van der Waals surface area contributed by atoms with E-state index in [1.807, 2.05) is 31.2 Å². The number of amides is 1. The Kier molecular flexibility index (Phi) is 5.28. The van der Waals surface area contributed by atoms with Crippen LogP contribution in [0.2, 0.25) is 0 Å². The highest BCUT2D eigenvalue weighted by atomic mass is 16.4. The maximum atomic E-state index is 12.8. The number of aromatic nitrogens is 1. The summed E-state index contributed by atoms with van der Waals surface area (Å²) < 4.78 is 2.28. The molecule has 0 aliphatic carbocycles. The van der Waals surface area contributed by atoms with Gasteiger partial charge >= 0.3 is 5.97 Å². The fourth-order valence-electron chi connectivity index (χ4n) is 4.42. The fourth-order valence-corrected chi connectivity index (χ4v) is 4.42. The van der Waals surface area contributed by atoms with Crippen LogP contribution in [-0.2, 0) is 16.1 Å². The lowest BCUT2D eigenvalue weighted by Gasteiger charge is -2.33. The first-order valence-electron chi connectivity index (χ1n) is 10.3. The monoisotopic (exact) mass is 393 g/mol. The van der Waals surface area contributed by atoms with E-state index in [0.717, 1.165) is 23.1 Å². The third-order valence-corrected chi connectivity index (χ3v) is 6.16. The smallest absolute Gasteiger partial charge is 0.306 e. The number of carbonyl (C=O) groups excluding carboxylic acids is 1. The standard InChI is InChI=1S/C23H27N3O3/c1-3-26-20-7-5-4-6-18(20)19-14-17(8-9-21(19)26)24-22(27)15(2)25-12-10-16(11-13-25)23(28)29/h4-9,14-16H,3,10-13H2,1-2H3,(H,24,27)(H,28,29). The molecule has 1 saturated heterocycles. The van der Waals surface area contributed by atoms with Crippen LogP contribution >= 0.6 is 0 Å². The summed E-state index contributed by atoms with van der Waals surface area (Å²) in [6.07, 6.45) is 1.19. The summed E-state index contributed by atoms with van der Waals surface area (Å²) in [5.74, 6) is -1.08. The second kappa shape index (κ2) is 7.87. The summed E-state index contributed by atoms with van der Waals surface area (Å²) >= 11 is 0. The Hall–Kier alpha value is -2.86. The van der Waals surface area contributed by atoms with Gasteiger partial charge in [0.25, 0.3) is 0 Å². The van der Waals surface area contributed by atoms with Crippen LogP contribution in [0.5, 0.6) is 0 Å². The number of fused-ring (bicyclic) bond motifs is 3. The van der Waals surface area contributed by atoms with Crippen molar-refractivity contribution in [1.29, 1.82) is 0 Å². The number of benzene rings is 2. The van der Waals surface area contributed by atoms with Crippen LogP contribution in [0, 0.1) is 5.92 Å². The van der Waals surface area contributed by atoms with Crippen LogP contribution in [-0.4, -0.2) is 45.6 Å². The Balaban J connectivity index is 1.53. The van der Waals surface area contributed by atoms with E-state index < -0.39 is 5.97 Å². The van der Waals surface area contributed by atoms with E-state index in [2.05, 4.69) is 39.9 Å². The molecule has 1 amide bonds. The Morgan fingerprint density at radius 3 is 2.48 bits per heavy atom. The van der Waals surface area contributed by atoms with Crippen molar-refractivity contribution in [2.24, 2.45) is 5.92 Å². The molecule has 1 atom stereocenters. The zero-order valence-corrected chi connectivity index (χ0v) is 16.9. The average molecular weight is 393 g/mol. The number of rotatable bonds is 5. The van der Waals surface area contributed by atoms with E-state index >= 15 is 0 Å². The molecule has 0 radical (unpaired) electrons. The fraction of sp³-hybridized carbons (Fsp3) is 0.391. The Labute approximate surface area is 170 Å². The number of carboxylic acid groups (broad SMARTS) is 1. The van der Waals surface area contributed by atoms with Gasteiger partial charge in [-0.25, -0.2) is 0 Å². The summed E-state index contributed by atoms with van der Waals surface area (Å²) in [5, 5.41) is 14.5. The van der Waals surface area contributed by atoms with Gasteiger partial charge in [-0.1, -0.05) is 18.2 Å². The number of para-hydroxylation sites is 1. The molecule has 3 aromatic rings. The number of hydrogen-bond donors (Lipinski definition) is 2. The van der Waals surface area contributed by atoms with Crippen molar-refractivity contribution in [1.82, 2.24) is 9.47 Å². The molecule has 1 aromatic heterocycles. The molecule has 1 aliphatic rings. The van der Waals surface area contributed by atoms with E-state index in [9.17, 15) is 9.59 Å². The molecule has 0 bridgehead atoms. The number of nitrogens with zero attached hydrogens (tertiary/aromatic N) is 2. The van der Waals surface area contributed by atoms with Crippen molar-refractivity contribution >= 4 is 39.4 Å². The molecule has 6 heteroatoms. The number of piperidine rings is 1. The summed E-state index contributed by atoms with van der Waals surface area (Å²) in [6.45, 7) is 6.18. The molecule has 152 valence electrons. The van der Waals surface area contributed by atoms with Gasteiger partial charge in [0.15, 0.2) is 0 Å². The maximum Gasteiger partial charge on any atom is 0.306 e. The lowest BCUT2D eigenvalue weighted by molar-refractivity contribution is -0.143. The van der Waals surface area contributed by atoms with Crippen LogP contribution in [0.3, 0.4) is 0 Å². The third-order valence-electron chi connectivity index (χ3n) is 6.16. The predicted octanol–water partition coefficient (Wildman–Crippen LogP) is 3.94. The van der Waals surface area contributed by atoms with E-state index in [1.54, 1.807) is 0 Å². The number of aliphatic carboxylic acids is 1. The minimum absolute atomic E-state index is 0.0580. The van der Waals surface area contributed by atoms with Gasteiger partial charge in [-0.3, -0.25) is 14.5 Å². The maximum absolute atomic E-state index is 12.8. The first-order chi connectivity index (χ1) is 14.0. The molecule has 1 unspecified atom stereocenters. The van der Waals surface area contributed by atoms with E-state index in [4.69, 9.17) is 5.11 Å². The number of likely N-dealkylation sites (tertiary alicyclic amines) is 1. The van der Waals surface area contributed by atoms with Gasteiger partial charge in [0.2, 0.25) is 5.91 Å². The van der Waals surface area contributed by atoms with Gasteiger partial charge < -0.3 is 15.0 Å². The van der Waals surface area contributed by atoms with Crippen LogP contribution in [0.25, 0.3) is 21.8 Å². The lowest BCUT2D eigenvalue weighted by atomic mass is 9.96. The number of hydrogen-bond acceptors (Lipinski definition) is 3. The SMILES string of the molecule is CCn1c2ccccc2c2cc(NC(=O)C(C)N3CCC(C(=O)O)CC3)ccc21. The topological polar surface area (TPSA) is 74.6 Å². The van der Waals surface area contributed by atoms with Crippen molar-refractivity contribution in [2.75, 3.05) is 18.4 Å². The molecule has 2 N–H and O–H groups in total. The van der Waals surface area contributed by atoms with Crippen LogP contribution in [0.15, 0.2) is 42.5 Å². The molecular formula is C23H27N3O3. The predicted molar refractivity (Wildman–Crippen MR) is 115 cm³/mol. The highest BCUT2D eigenvalue weighted by molar-refractivity contribution is 6.10. The van der Waals surface area contributed by atoms with Gasteiger partial charge in [0.1, 0.15) is 0 Å². The van der Waals surface area contributed by atoms with Gasteiger partial charge in [-0.15, -0.1) is 0 Å². The van der Waals surface area contributed by atoms with Gasteiger partial charge in [-0.05, 0) is 64.0 Å². The molecule has 2 aromatic carbocycles. The van der Waals surface area contributed by atoms with E-state index in [1.165, 1.54) is 10.9 Å². The molecule has 1 fully saturated rings. The second-order valence-corrected chi connectivity index (χ2v) is 7.81. The normalized spacial score (nSPS) is 16.9. The first kappa shape index (κ1) is 19.5. The first-order valence-corrected chi connectivity index (χ1v) is 10.3. The molecule has 1 aliphatic heterocycles. The quantitative estimate of drug-likeness (QED) is 0.689. The molecule has 6 nitrogen and oxygen atoms in total. The number of anilines is 1. The zero-order valence-electron chi connectivity index (χ0n) is 16.9. The van der Waals surface area contributed by atoms with E-state index in [0.29, 0.717) is 25.9 Å². The summed E-state index contributed by atoms with van der Waals surface area (Å²) in [6, 6.07) is 14.1. The molecule has 0 saturated carbocycles. The van der Waals surface area contributed by atoms with Crippen molar-refractivity contribution in [3.8, 4) is 0 Å². The van der Waals surface area contributed by atoms with Crippen LogP contribution in [0.4, 0.5) is 5.69 Å². The number of nitrogens with one attached hydrogen (secondary N) is 1. The Morgan fingerprint density at radius 1 is 1.10 bits per heavy atom. The van der Waals surface area contributed by atoms with Crippen LogP contribution in [0.1, 0.15) is 26.7 Å². The lowest BCUT2D eigenvalue weighted by Crippen LogP contribution is -2.46. The molecule has 4 rings (SSSR count). The number of carbonyl (C=O) groups is 2. The van der Waals surface area contributed by atoms with Crippen molar-refractivity contribution in [3.05, 3.63) is 42.5 Å². The van der Waals surface area contributed by atoms with Crippen molar-refractivity contribution in [2.45, 2.75) is 39.3 Å². The summed E-state index contributed by atoms with van der Waals surface area (Å²) in [5.41, 5.74) is 3.15. The number of carboxylic acids is 1. The molecular weight excluding hydrogens is 366 g/mol. The van der Waals surface area contributed by atoms with E-state index in [-0.39, 0.29) is 17.9 Å². The molecule has 2 heterocycles. The Bertz CT molecular complexity index is 1060. The highest BCUT2D eigenvalue weighted by Crippen LogP contribution is 2.31. The number of aryl methyl sites for hydroxylation is 1. The van der Waals surface area contributed by atoms with Crippen LogP contribution < -0.4 is 5.32 Å². The second-order valence-electron chi connectivity index (χ2n) is 7.81. The van der Waals surface area contributed by atoms with Crippen molar-refractivity contribution < 1.29 is 14.7 Å². The highest BCUT2D eigenvalue weighted by Gasteiger charge is 2.29. The van der Waals surface area contributed by atoms with Gasteiger partial charge in [0, 0.05) is 34.0 Å². The minimum atomic E-state index is -0.735. The summed E-state index contributed by atoms with van der Waals surface area (Å²) in [4.78, 5) is 26.0. The van der Waals surface area contributed by atoms with Gasteiger partial charge in [-0.2, -0.15) is 0 Å². The third kappa shape index (κ3) is 3.60. The van der Waals surface area contributed by atoms with Gasteiger partial charge in [0.05, 0.1) is 12.0 Å². The Morgan fingerprint density at radius 2 is 1.79 bits per heavy atom. The van der Waals surface area contributed by atoms with Crippen molar-refractivity contribution in [3.63, 3.8) is 0 Å².